The normalized spacial score (nSPS) is 10.9. The molecule has 0 unspecified atom stereocenters. The van der Waals surface area contributed by atoms with Crippen molar-refractivity contribution in [2.45, 2.75) is 13.8 Å². The zero-order chi connectivity index (χ0) is 14.3. The van der Waals surface area contributed by atoms with Gasteiger partial charge < -0.3 is 0 Å². The molecule has 3 aromatic rings. The van der Waals surface area contributed by atoms with E-state index in [9.17, 15) is 9.59 Å². The van der Waals surface area contributed by atoms with E-state index in [1.165, 1.54) is 23.5 Å². The highest BCUT2D eigenvalue weighted by molar-refractivity contribution is 7.17. The molecule has 0 aromatic carbocycles. The highest BCUT2D eigenvalue weighted by Gasteiger charge is 2.14. The molecule has 8 nitrogen and oxygen atoms in total. The summed E-state index contributed by atoms with van der Waals surface area (Å²) in [5, 5.41) is 12.6. The summed E-state index contributed by atoms with van der Waals surface area (Å²) in [5.74, 6) is -0.272. The van der Waals surface area contributed by atoms with E-state index in [0.29, 0.717) is 4.96 Å². The molecular weight excluding hydrogens is 280 g/mol. The van der Waals surface area contributed by atoms with Gasteiger partial charge in [0, 0.05) is 10.9 Å². The molecule has 0 aliphatic carbocycles. The van der Waals surface area contributed by atoms with E-state index in [2.05, 4.69) is 25.6 Å². The van der Waals surface area contributed by atoms with Crippen LogP contribution < -0.4 is 10.9 Å². The number of aryl methyl sites for hydroxylation is 2. The SMILES string of the molecule is Cc1sc2nc(NC(=O)c3ccc(=O)[nH]n3)nn2c1C. The summed E-state index contributed by atoms with van der Waals surface area (Å²) < 4.78 is 1.68. The second kappa shape index (κ2) is 4.53. The average Bonchev–Trinajstić information content (AvgIpc) is 2.91. The van der Waals surface area contributed by atoms with Crippen molar-refractivity contribution < 1.29 is 4.79 Å². The number of rotatable bonds is 2. The molecule has 0 spiro atoms. The van der Waals surface area contributed by atoms with Crippen molar-refractivity contribution in [2.75, 3.05) is 5.32 Å². The van der Waals surface area contributed by atoms with Gasteiger partial charge in [0.15, 0.2) is 0 Å². The number of nitrogens with one attached hydrogen (secondary N) is 2. The van der Waals surface area contributed by atoms with Crippen molar-refractivity contribution in [2.24, 2.45) is 0 Å². The van der Waals surface area contributed by atoms with Crippen LogP contribution in [0.2, 0.25) is 0 Å². The van der Waals surface area contributed by atoms with Gasteiger partial charge in [-0.1, -0.05) is 11.3 Å². The first-order valence-corrected chi connectivity index (χ1v) is 6.56. The molecule has 0 aliphatic rings. The zero-order valence-corrected chi connectivity index (χ0v) is 11.5. The maximum absolute atomic E-state index is 11.9. The molecule has 9 heteroatoms. The second-order valence-electron chi connectivity index (χ2n) is 4.13. The Balaban J connectivity index is 1.87. The summed E-state index contributed by atoms with van der Waals surface area (Å²) in [4.78, 5) is 28.8. The summed E-state index contributed by atoms with van der Waals surface area (Å²) in [6.07, 6.45) is 0. The van der Waals surface area contributed by atoms with E-state index < -0.39 is 5.91 Å². The Hall–Kier alpha value is -2.55. The Morgan fingerprint density at radius 3 is 2.85 bits per heavy atom. The highest BCUT2D eigenvalue weighted by atomic mass is 32.1. The molecule has 20 heavy (non-hydrogen) atoms. The van der Waals surface area contributed by atoms with Crippen LogP contribution in [0.3, 0.4) is 0 Å². The molecule has 2 N–H and O–H groups in total. The Morgan fingerprint density at radius 1 is 1.40 bits per heavy atom. The Labute approximate surface area is 116 Å². The molecule has 3 heterocycles. The molecule has 3 aromatic heterocycles. The van der Waals surface area contributed by atoms with Crippen LogP contribution in [0.4, 0.5) is 5.95 Å². The molecule has 0 aliphatic heterocycles. The third-order valence-electron chi connectivity index (χ3n) is 2.79. The van der Waals surface area contributed by atoms with Crippen molar-refractivity contribution >= 4 is 28.2 Å². The van der Waals surface area contributed by atoms with Crippen LogP contribution in [-0.2, 0) is 0 Å². The quantitative estimate of drug-likeness (QED) is 0.724. The van der Waals surface area contributed by atoms with Crippen molar-refractivity contribution in [3.63, 3.8) is 0 Å². The smallest absolute Gasteiger partial charge is 0.278 e. The predicted octanol–water partition coefficient (Wildman–Crippen LogP) is 0.743. The van der Waals surface area contributed by atoms with E-state index in [0.717, 1.165) is 10.6 Å². The van der Waals surface area contributed by atoms with Gasteiger partial charge in [-0.15, -0.1) is 5.10 Å². The number of fused-ring (bicyclic) bond motifs is 1. The summed E-state index contributed by atoms with van der Waals surface area (Å²) in [6, 6.07) is 2.57. The lowest BCUT2D eigenvalue weighted by atomic mass is 10.4. The number of hydrogen-bond acceptors (Lipinski definition) is 6. The number of thiazole rings is 1. The monoisotopic (exact) mass is 290 g/mol. The van der Waals surface area contributed by atoms with Crippen LogP contribution in [0.1, 0.15) is 21.1 Å². The van der Waals surface area contributed by atoms with Crippen molar-refractivity contribution in [3.05, 3.63) is 38.8 Å². The topological polar surface area (TPSA) is 105 Å². The average molecular weight is 290 g/mol. The van der Waals surface area contributed by atoms with Crippen molar-refractivity contribution in [1.82, 2.24) is 24.8 Å². The van der Waals surface area contributed by atoms with Gasteiger partial charge >= 0.3 is 0 Å². The van der Waals surface area contributed by atoms with Gasteiger partial charge in [0.25, 0.3) is 17.4 Å². The van der Waals surface area contributed by atoms with Gasteiger partial charge in [0.1, 0.15) is 5.69 Å². The third-order valence-corrected chi connectivity index (χ3v) is 3.83. The Morgan fingerprint density at radius 2 is 2.20 bits per heavy atom. The number of anilines is 1. The minimum atomic E-state index is -0.478. The largest absolute Gasteiger partial charge is 0.288 e. The lowest BCUT2D eigenvalue weighted by Gasteiger charge is -1.98. The van der Waals surface area contributed by atoms with Crippen LogP contribution in [0.5, 0.6) is 0 Å². The number of aromatic nitrogens is 5. The fourth-order valence-electron chi connectivity index (χ4n) is 1.63. The Kier molecular flexibility index (Phi) is 2.83. The van der Waals surface area contributed by atoms with Crippen molar-refractivity contribution in [3.8, 4) is 0 Å². The van der Waals surface area contributed by atoms with Gasteiger partial charge in [0.2, 0.25) is 4.96 Å². The summed E-state index contributed by atoms with van der Waals surface area (Å²) in [7, 11) is 0. The van der Waals surface area contributed by atoms with Crippen LogP contribution in [0, 0.1) is 13.8 Å². The van der Waals surface area contributed by atoms with Gasteiger partial charge in [-0.3, -0.25) is 14.9 Å². The maximum Gasteiger partial charge on any atom is 0.278 e. The van der Waals surface area contributed by atoms with E-state index in [-0.39, 0.29) is 17.2 Å². The summed E-state index contributed by atoms with van der Waals surface area (Å²) in [6.45, 7) is 3.92. The van der Waals surface area contributed by atoms with Crippen molar-refractivity contribution in [1.29, 1.82) is 0 Å². The lowest BCUT2D eigenvalue weighted by molar-refractivity contribution is 0.102. The number of carbonyl (C=O) groups excluding carboxylic acids is 1. The third kappa shape index (κ3) is 2.07. The molecule has 0 atom stereocenters. The first-order valence-electron chi connectivity index (χ1n) is 5.74. The van der Waals surface area contributed by atoms with E-state index in [4.69, 9.17) is 0 Å². The first kappa shape index (κ1) is 12.5. The molecule has 1 amide bonds. The van der Waals surface area contributed by atoms with Crippen LogP contribution in [0.25, 0.3) is 4.96 Å². The van der Waals surface area contributed by atoms with Gasteiger partial charge in [-0.2, -0.15) is 10.1 Å². The fraction of sp³-hybridized carbons (Fsp3) is 0.182. The molecule has 0 saturated heterocycles. The molecular formula is C11H10N6O2S. The van der Waals surface area contributed by atoms with Gasteiger partial charge in [-0.05, 0) is 19.9 Å². The minimum absolute atomic E-state index is 0.0932. The van der Waals surface area contributed by atoms with Gasteiger partial charge in [-0.25, -0.2) is 9.61 Å². The standard InChI is InChI=1S/C11H10N6O2S/c1-5-6(2)20-11-13-10(16-17(5)11)12-9(19)7-3-4-8(18)15-14-7/h3-4H,1-2H3,(H,15,18)(H,12,16,19). The van der Waals surface area contributed by atoms with E-state index >= 15 is 0 Å². The zero-order valence-electron chi connectivity index (χ0n) is 10.7. The van der Waals surface area contributed by atoms with Crippen LogP contribution in [-0.4, -0.2) is 30.7 Å². The second-order valence-corrected chi connectivity index (χ2v) is 5.32. The summed E-state index contributed by atoms with van der Waals surface area (Å²) >= 11 is 1.50. The van der Waals surface area contributed by atoms with Crippen LogP contribution >= 0.6 is 11.3 Å². The molecule has 0 radical (unpaired) electrons. The highest BCUT2D eigenvalue weighted by Crippen LogP contribution is 2.21. The number of amides is 1. The number of H-pyrrole nitrogens is 1. The number of carbonyl (C=O) groups is 1. The minimum Gasteiger partial charge on any atom is -0.288 e. The van der Waals surface area contributed by atoms with E-state index in [1.54, 1.807) is 4.52 Å². The van der Waals surface area contributed by atoms with E-state index in [1.807, 2.05) is 13.8 Å². The lowest BCUT2D eigenvalue weighted by Crippen LogP contribution is -2.18. The first-order chi connectivity index (χ1) is 9.54. The molecule has 0 fully saturated rings. The fourth-order valence-corrected chi connectivity index (χ4v) is 2.54. The number of nitrogens with zero attached hydrogens (tertiary/aromatic N) is 4. The molecule has 0 saturated carbocycles. The number of aromatic amines is 1. The predicted molar refractivity (Wildman–Crippen MR) is 73.1 cm³/mol. The summed E-state index contributed by atoms with van der Waals surface area (Å²) in [5.41, 5.74) is 0.712. The number of hydrogen-bond donors (Lipinski definition) is 2. The molecule has 102 valence electrons. The van der Waals surface area contributed by atoms with Gasteiger partial charge in [0.05, 0.1) is 5.69 Å². The Bertz CT molecular complexity index is 841. The van der Waals surface area contributed by atoms with Crippen LogP contribution in [0.15, 0.2) is 16.9 Å². The molecule has 3 rings (SSSR count). The molecule has 0 bridgehead atoms. The maximum atomic E-state index is 11.9.